The summed E-state index contributed by atoms with van der Waals surface area (Å²) >= 11 is 0. The summed E-state index contributed by atoms with van der Waals surface area (Å²) in [5, 5.41) is 9.05. The van der Waals surface area contributed by atoms with Crippen LogP contribution in [0.1, 0.15) is 47.8 Å². The molecule has 0 saturated heterocycles. The molecule has 2 aromatic carbocycles. The first-order valence-electron chi connectivity index (χ1n) is 9.49. The first-order valence-corrected chi connectivity index (χ1v) is 9.49. The van der Waals surface area contributed by atoms with Crippen molar-refractivity contribution < 1.29 is 14.3 Å². The maximum Gasteiger partial charge on any atom is 0.337 e. The highest BCUT2D eigenvalue weighted by molar-refractivity contribution is 6.23. The van der Waals surface area contributed by atoms with E-state index < -0.39 is 5.41 Å². The van der Waals surface area contributed by atoms with Gasteiger partial charge in [0.25, 0.3) is 0 Å². The third-order valence-electron chi connectivity index (χ3n) is 4.97. The minimum Gasteiger partial charge on any atom is -0.465 e. The molecule has 3 rings (SSSR count). The molecule has 1 aliphatic heterocycles. The second kappa shape index (κ2) is 7.92. The molecule has 5 nitrogen and oxygen atoms in total. The van der Waals surface area contributed by atoms with Crippen LogP contribution in [0.15, 0.2) is 48.7 Å². The average molecular weight is 388 g/mol. The maximum absolute atomic E-state index is 13.2. The molecular formula is C24H24N2O3. The molecule has 0 fully saturated rings. The number of ether oxygens (including phenoxy) is 1. The molecule has 0 N–H and O–H groups in total. The lowest BCUT2D eigenvalue weighted by atomic mass is 9.84. The minimum atomic E-state index is -0.545. The predicted octanol–water partition coefficient (Wildman–Crippen LogP) is 4.36. The number of allylic oxidation sites excluding steroid dienone is 1. The third kappa shape index (κ3) is 4.22. The van der Waals surface area contributed by atoms with Gasteiger partial charge in [0.05, 0.1) is 24.3 Å². The van der Waals surface area contributed by atoms with Gasteiger partial charge in [-0.1, -0.05) is 32.9 Å². The number of benzene rings is 2. The van der Waals surface area contributed by atoms with Gasteiger partial charge < -0.3 is 9.64 Å². The zero-order valence-corrected chi connectivity index (χ0v) is 17.2. The maximum atomic E-state index is 13.2. The number of nitrogens with zero attached hydrogens (tertiary/aromatic N) is 2. The van der Waals surface area contributed by atoms with Gasteiger partial charge in [0.1, 0.15) is 0 Å². The molecule has 5 heteroatoms. The van der Waals surface area contributed by atoms with Gasteiger partial charge in [-0.2, -0.15) is 5.26 Å². The highest BCUT2D eigenvalue weighted by atomic mass is 16.5. The number of methoxy groups -OCH3 is 1. The smallest absolute Gasteiger partial charge is 0.337 e. The third-order valence-corrected chi connectivity index (χ3v) is 4.97. The largest absolute Gasteiger partial charge is 0.465 e. The number of ketones is 1. The van der Waals surface area contributed by atoms with Gasteiger partial charge in [-0.15, -0.1) is 0 Å². The Balaban J connectivity index is 2.03. The number of rotatable bonds is 4. The van der Waals surface area contributed by atoms with E-state index in [2.05, 4.69) is 6.07 Å². The van der Waals surface area contributed by atoms with E-state index in [1.54, 1.807) is 18.2 Å². The van der Waals surface area contributed by atoms with Crippen LogP contribution in [0, 0.1) is 16.7 Å². The van der Waals surface area contributed by atoms with Crippen molar-refractivity contribution in [3.05, 3.63) is 70.9 Å². The van der Waals surface area contributed by atoms with Crippen LogP contribution in [0.25, 0.3) is 5.57 Å². The number of hydrogen-bond acceptors (Lipinski definition) is 5. The van der Waals surface area contributed by atoms with Gasteiger partial charge in [0.15, 0.2) is 5.78 Å². The van der Waals surface area contributed by atoms with Crippen molar-refractivity contribution in [3.8, 4) is 6.07 Å². The van der Waals surface area contributed by atoms with E-state index in [0.29, 0.717) is 16.7 Å². The Hall–Kier alpha value is -3.39. The Morgan fingerprint density at radius 3 is 2.34 bits per heavy atom. The molecule has 0 atom stereocenters. The van der Waals surface area contributed by atoms with Crippen molar-refractivity contribution in [2.75, 3.05) is 18.6 Å². The van der Waals surface area contributed by atoms with Crippen molar-refractivity contribution in [1.29, 1.82) is 5.26 Å². The molecule has 0 unspecified atom stereocenters. The van der Waals surface area contributed by atoms with Crippen LogP contribution in [-0.4, -0.2) is 25.4 Å². The molecule has 148 valence electrons. The van der Waals surface area contributed by atoms with E-state index in [-0.39, 0.29) is 11.8 Å². The van der Waals surface area contributed by atoms with E-state index >= 15 is 0 Å². The normalized spacial score (nSPS) is 13.6. The molecular weight excluding hydrogens is 364 g/mol. The summed E-state index contributed by atoms with van der Waals surface area (Å²) in [6.07, 6.45) is 2.67. The summed E-state index contributed by atoms with van der Waals surface area (Å²) in [4.78, 5) is 27.0. The summed E-state index contributed by atoms with van der Waals surface area (Å²) < 4.78 is 4.80. The average Bonchev–Trinajstić information content (AvgIpc) is 3.12. The van der Waals surface area contributed by atoms with Crippen LogP contribution >= 0.6 is 0 Å². The van der Waals surface area contributed by atoms with Gasteiger partial charge in [0.2, 0.25) is 0 Å². The van der Waals surface area contributed by atoms with Crippen LogP contribution < -0.4 is 4.90 Å². The van der Waals surface area contributed by atoms with Gasteiger partial charge in [-0.25, -0.2) is 4.79 Å². The molecule has 0 saturated carbocycles. The van der Waals surface area contributed by atoms with Crippen LogP contribution in [-0.2, 0) is 16.0 Å². The molecule has 0 bridgehead atoms. The van der Waals surface area contributed by atoms with E-state index in [0.717, 1.165) is 29.8 Å². The summed E-state index contributed by atoms with van der Waals surface area (Å²) in [7, 11) is 1.37. The monoisotopic (exact) mass is 388 g/mol. The number of esters is 1. The number of hydrogen-bond donors (Lipinski definition) is 0. The Morgan fingerprint density at radius 2 is 1.76 bits per heavy atom. The van der Waals surface area contributed by atoms with Gasteiger partial charge in [0, 0.05) is 29.4 Å². The second-order valence-corrected chi connectivity index (χ2v) is 8.09. The fourth-order valence-corrected chi connectivity index (χ4v) is 3.35. The van der Waals surface area contributed by atoms with Crippen LogP contribution in [0.4, 0.5) is 5.69 Å². The van der Waals surface area contributed by atoms with Crippen molar-refractivity contribution in [2.24, 2.45) is 5.41 Å². The van der Waals surface area contributed by atoms with Gasteiger partial charge in [-0.3, -0.25) is 4.79 Å². The van der Waals surface area contributed by atoms with Crippen molar-refractivity contribution >= 4 is 23.0 Å². The highest BCUT2D eigenvalue weighted by Gasteiger charge is 2.28. The molecule has 0 spiro atoms. The van der Waals surface area contributed by atoms with Crippen molar-refractivity contribution in [2.45, 2.75) is 27.2 Å². The lowest BCUT2D eigenvalue weighted by Gasteiger charge is -2.22. The number of nitriles is 1. The Morgan fingerprint density at radius 1 is 1.10 bits per heavy atom. The molecule has 1 aliphatic rings. The molecule has 29 heavy (non-hydrogen) atoms. The molecule has 1 heterocycles. The zero-order valence-electron chi connectivity index (χ0n) is 17.2. The summed E-state index contributed by atoms with van der Waals surface area (Å²) in [6, 6.07) is 14.7. The van der Waals surface area contributed by atoms with Crippen LogP contribution in [0.3, 0.4) is 0 Å². The fraction of sp³-hybridized carbons (Fsp3) is 0.292. The van der Waals surface area contributed by atoms with Crippen LogP contribution in [0.5, 0.6) is 0 Å². The topological polar surface area (TPSA) is 70.4 Å². The van der Waals surface area contributed by atoms with Crippen molar-refractivity contribution in [3.63, 3.8) is 0 Å². The zero-order chi connectivity index (χ0) is 21.2. The number of Topliss-reactive ketones (excluding diaryl/α,β-unsaturated/α-hetero) is 1. The van der Waals surface area contributed by atoms with Gasteiger partial charge in [-0.05, 0) is 47.9 Å². The van der Waals surface area contributed by atoms with Crippen LogP contribution in [0.2, 0.25) is 0 Å². The van der Waals surface area contributed by atoms with Gasteiger partial charge >= 0.3 is 5.97 Å². The SMILES string of the molecule is COC(=O)c1ccc2c(c1)CCN2/C=C(/C(=O)C(C)(C)C)c1ccc(C#N)cc1. The first-order chi connectivity index (χ1) is 13.7. The number of carbonyl (C=O) groups is 2. The quantitative estimate of drug-likeness (QED) is 0.575. The molecule has 0 radical (unpaired) electrons. The summed E-state index contributed by atoms with van der Waals surface area (Å²) in [5.41, 5.74) is 3.94. The highest BCUT2D eigenvalue weighted by Crippen LogP contribution is 2.33. The standard InChI is InChI=1S/C24H24N2O3/c1-24(2,3)22(27)20(17-7-5-16(14-25)6-8-17)15-26-12-11-18-13-19(23(28)29-4)9-10-21(18)26/h5-10,13,15H,11-12H2,1-4H3/b20-15+. The fourth-order valence-electron chi connectivity index (χ4n) is 3.35. The lowest BCUT2D eigenvalue weighted by Crippen LogP contribution is -2.24. The van der Waals surface area contributed by atoms with E-state index in [4.69, 9.17) is 10.00 Å². The van der Waals surface area contributed by atoms with E-state index in [9.17, 15) is 9.59 Å². The minimum absolute atomic E-state index is 0.0295. The summed E-state index contributed by atoms with van der Waals surface area (Å²) in [5.74, 6) is -0.329. The molecule has 0 aliphatic carbocycles. The first kappa shape index (κ1) is 20.3. The Bertz CT molecular complexity index is 1020. The second-order valence-electron chi connectivity index (χ2n) is 8.09. The molecule has 0 aromatic heterocycles. The lowest BCUT2D eigenvalue weighted by molar-refractivity contribution is -0.120. The van der Waals surface area contributed by atoms with Crippen molar-refractivity contribution in [1.82, 2.24) is 0 Å². The molecule has 0 amide bonds. The Labute approximate surface area is 171 Å². The number of fused-ring (bicyclic) bond motifs is 1. The predicted molar refractivity (Wildman–Crippen MR) is 112 cm³/mol. The van der Waals surface area contributed by atoms with E-state index in [1.807, 2.05) is 56.1 Å². The number of carbonyl (C=O) groups excluding carboxylic acids is 2. The summed E-state index contributed by atoms with van der Waals surface area (Å²) in [6.45, 7) is 6.41. The van der Waals surface area contributed by atoms with E-state index in [1.165, 1.54) is 7.11 Å². The number of anilines is 1. The Kier molecular flexibility index (Phi) is 5.56. The molecule has 2 aromatic rings.